The molecule has 5 heteroatoms. The van der Waals surface area contributed by atoms with E-state index in [1.165, 1.54) is 0 Å². The van der Waals surface area contributed by atoms with Gasteiger partial charge in [-0.2, -0.15) is 0 Å². The van der Waals surface area contributed by atoms with Crippen LogP contribution in [0.2, 0.25) is 28.2 Å². The lowest BCUT2D eigenvalue weighted by atomic mass is 10.1. The van der Waals surface area contributed by atoms with Gasteiger partial charge >= 0.3 is 0 Å². The van der Waals surface area contributed by atoms with Crippen molar-refractivity contribution in [2.75, 3.05) is 7.11 Å². The predicted molar refractivity (Wildman–Crippen MR) is 94.0 cm³/mol. The van der Waals surface area contributed by atoms with Gasteiger partial charge in [0.15, 0.2) is 8.32 Å². The molecule has 0 heterocycles. The molecule has 0 N–H and O–H groups in total. The van der Waals surface area contributed by atoms with E-state index in [0.29, 0.717) is 10.0 Å². The molecule has 0 aromatic heterocycles. The molecule has 0 aliphatic rings. The first-order valence-electron chi connectivity index (χ1n) is 7.16. The summed E-state index contributed by atoms with van der Waals surface area (Å²) >= 11 is 12.6. The molecule has 0 amide bonds. The maximum Gasteiger partial charge on any atom is 0.192 e. The van der Waals surface area contributed by atoms with Crippen LogP contribution in [0.4, 0.5) is 0 Å². The molecule has 0 bridgehead atoms. The van der Waals surface area contributed by atoms with Crippen LogP contribution < -0.4 is 0 Å². The molecule has 1 rings (SSSR count). The third kappa shape index (κ3) is 4.46. The summed E-state index contributed by atoms with van der Waals surface area (Å²) in [5.41, 5.74) is 0.801. The van der Waals surface area contributed by atoms with Crippen LogP contribution in [0, 0.1) is 0 Å². The van der Waals surface area contributed by atoms with E-state index in [-0.39, 0.29) is 17.2 Å². The molecule has 21 heavy (non-hydrogen) atoms. The molecular weight excluding hydrogens is 323 g/mol. The first-order valence-corrected chi connectivity index (χ1v) is 10.8. The number of halogens is 2. The van der Waals surface area contributed by atoms with Crippen molar-refractivity contribution in [3.8, 4) is 0 Å². The van der Waals surface area contributed by atoms with E-state index in [1.54, 1.807) is 7.11 Å². The molecule has 1 aromatic carbocycles. The van der Waals surface area contributed by atoms with Gasteiger partial charge in [0.1, 0.15) is 6.10 Å². The first-order chi connectivity index (χ1) is 9.51. The van der Waals surface area contributed by atoms with Crippen molar-refractivity contribution < 1.29 is 9.16 Å². The van der Waals surface area contributed by atoms with Gasteiger partial charge in [-0.15, -0.1) is 0 Å². The average molecular weight is 349 g/mol. The fourth-order valence-electron chi connectivity index (χ4n) is 2.03. The second-order valence-electron chi connectivity index (χ2n) is 6.87. The Morgan fingerprint density at radius 3 is 1.95 bits per heavy atom. The van der Waals surface area contributed by atoms with E-state index in [9.17, 15) is 0 Å². The Balaban J connectivity index is 3.06. The molecule has 0 spiro atoms. The SMILES string of the molecule is CO[C@H](c1c(Cl)cccc1Cl)[C@@H](C)O[Si](C)(C)C(C)(C)C. The van der Waals surface area contributed by atoms with Gasteiger partial charge in [-0.1, -0.05) is 50.0 Å². The Hall–Kier alpha value is -0.0631. The van der Waals surface area contributed by atoms with Crippen molar-refractivity contribution in [2.45, 2.75) is 58.0 Å². The van der Waals surface area contributed by atoms with Crippen molar-refractivity contribution in [1.82, 2.24) is 0 Å². The zero-order chi connectivity index (χ0) is 16.4. The molecule has 1 aromatic rings. The van der Waals surface area contributed by atoms with Crippen LogP contribution in [0.5, 0.6) is 0 Å². The summed E-state index contributed by atoms with van der Waals surface area (Å²) in [5.74, 6) is 0. The Bertz CT molecular complexity index is 463. The van der Waals surface area contributed by atoms with E-state index < -0.39 is 8.32 Å². The third-order valence-corrected chi connectivity index (χ3v) is 9.48. The van der Waals surface area contributed by atoms with Crippen molar-refractivity contribution in [2.24, 2.45) is 0 Å². The lowest BCUT2D eigenvalue weighted by Crippen LogP contribution is -2.44. The fourth-order valence-corrected chi connectivity index (χ4v) is 4.05. The molecule has 0 aliphatic carbocycles. The number of benzene rings is 1. The van der Waals surface area contributed by atoms with Gasteiger partial charge in [-0.25, -0.2) is 0 Å². The van der Waals surface area contributed by atoms with E-state index in [4.69, 9.17) is 32.4 Å². The van der Waals surface area contributed by atoms with Gasteiger partial charge in [0.25, 0.3) is 0 Å². The second kappa shape index (κ2) is 7.01. The summed E-state index contributed by atoms with van der Waals surface area (Å²) in [6.07, 6.45) is -0.395. The zero-order valence-corrected chi connectivity index (χ0v) is 16.5. The van der Waals surface area contributed by atoms with Crippen LogP contribution in [-0.2, 0) is 9.16 Å². The van der Waals surface area contributed by atoms with Crippen LogP contribution in [0.1, 0.15) is 39.4 Å². The van der Waals surface area contributed by atoms with E-state index in [2.05, 4.69) is 33.9 Å². The highest BCUT2D eigenvalue weighted by Gasteiger charge is 2.40. The number of methoxy groups -OCH3 is 1. The van der Waals surface area contributed by atoms with Gasteiger partial charge in [0, 0.05) is 22.7 Å². The van der Waals surface area contributed by atoms with E-state index >= 15 is 0 Å². The molecule has 0 saturated carbocycles. The quantitative estimate of drug-likeness (QED) is 0.599. The molecule has 0 saturated heterocycles. The normalized spacial score (nSPS) is 15.9. The maximum atomic E-state index is 6.42. The summed E-state index contributed by atoms with van der Waals surface area (Å²) in [5, 5.41) is 1.36. The topological polar surface area (TPSA) is 18.5 Å². The lowest BCUT2D eigenvalue weighted by molar-refractivity contribution is 0.00306. The summed E-state index contributed by atoms with van der Waals surface area (Å²) < 4.78 is 12.1. The summed E-state index contributed by atoms with van der Waals surface area (Å²) in [6.45, 7) is 13.1. The molecule has 2 atom stereocenters. The van der Waals surface area contributed by atoms with Crippen molar-refractivity contribution in [3.05, 3.63) is 33.8 Å². The molecule has 0 radical (unpaired) electrons. The summed E-state index contributed by atoms with van der Waals surface area (Å²) in [6, 6.07) is 5.49. The van der Waals surface area contributed by atoms with Crippen molar-refractivity contribution in [3.63, 3.8) is 0 Å². The second-order valence-corrected chi connectivity index (χ2v) is 12.4. The first kappa shape index (κ1) is 19.0. The van der Waals surface area contributed by atoms with Crippen LogP contribution in [0.3, 0.4) is 0 Å². The number of ether oxygens (including phenoxy) is 1. The third-order valence-electron chi connectivity index (χ3n) is 4.25. The Morgan fingerprint density at radius 1 is 1.10 bits per heavy atom. The average Bonchev–Trinajstić information content (AvgIpc) is 2.31. The van der Waals surface area contributed by atoms with Gasteiger partial charge in [0.2, 0.25) is 0 Å². The highest BCUT2D eigenvalue weighted by molar-refractivity contribution is 6.74. The van der Waals surface area contributed by atoms with Gasteiger partial charge < -0.3 is 9.16 Å². The van der Waals surface area contributed by atoms with E-state index in [1.807, 2.05) is 25.1 Å². The number of hydrogen-bond acceptors (Lipinski definition) is 2. The van der Waals surface area contributed by atoms with Crippen LogP contribution in [0.25, 0.3) is 0 Å². The van der Waals surface area contributed by atoms with Crippen LogP contribution >= 0.6 is 23.2 Å². The zero-order valence-electron chi connectivity index (χ0n) is 14.0. The highest BCUT2D eigenvalue weighted by Crippen LogP contribution is 2.41. The van der Waals surface area contributed by atoms with Crippen molar-refractivity contribution >= 4 is 31.5 Å². The number of rotatable bonds is 5. The van der Waals surface area contributed by atoms with Crippen LogP contribution in [-0.4, -0.2) is 21.5 Å². The van der Waals surface area contributed by atoms with Crippen LogP contribution in [0.15, 0.2) is 18.2 Å². The molecular formula is C16H26Cl2O2Si. The molecule has 0 unspecified atom stereocenters. The molecule has 2 nitrogen and oxygen atoms in total. The molecule has 120 valence electrons. The smallest absolute Gasteiger partial charge is 0.192 e. The lowest BCUT2D eigenvalue weighted by Gasteiger charge is -2.40. The minimum atomic E-state index is -1.88. The van der Waals surface area contributed by atoms with Gasteiger partial charge in [-0.3, -0.25) is 0 Å². The van der Waals surface area contributed by atoms with E-state index in [0.717, 1.165) is 5.56 Å². The minimum Gasteiger partial charge on any atom is -0.411 e. The standard InChI is InChI=1S/C16H26Cl2O2Si/c1-11(20-21(6,7)16(2,3)4)15(19-5)14-12(17)9-8-10-13(14)18/h8-11,15H,1-7H3/t11-,15+/m1/s1. The summed E-state index contributed by atoms with van der Waals surface area (Å²) in [4.78, 5) is 0. The van der Waals surface area contributed by atoms with Gasteiger partial charge in [-0.05, 0) is 37.2 Å². The van der Waals surface area contributed by atoms with Gasteiger partial charge in [0.05, 0.1) is 6.10 Å². The Morgan fingerprint density at radius 2 is 1.57 bits per heavy atom. The monoisotopic (exact) mass is 348 g/mol. The largest absolute Gasteiger partial charge is 0.411 e. The number of hydrogen-bond donors (Lipinski definition) is 0. The Kier molecular flexibility index (Phi) is 6.34. The molecule has 0 fully saturated rings. The van der Waals surface area contributed by atoms with Crippen molar-refractivity contribution in [1.29, 1.82) is 0 Å². The fraction of sp³-hybridized carbons (Fsp3) is 0.625. The summed E-state index contributed by atoms with van der Waals surface area (Å²) in [7, 11) is -0.218. The predicted octanol–water partition coefficient (Wildman–Crippen LogP) is 6.09. The Labute approximate surface area is 139 Å². The minimum absolute atomic E-state index is 0.117. The molecule has 0 aliphatic heterocycles. The maximum absolute atomic E-state index is 6.42. The highest BCUT2D eigenvalue weighted by atomic mass is 35.5.